The van der Waals surface area contributed by atoms with E-state index in [0.29, 0.717) is 5.90 Å². The van der Waals surface area contributed by atoms with E-state index >= 15 is 0 Å². The molecule has 2 aromatic heterocycles. The van der Waals surface area contributed by atoms with E-state index in [0.717, 1.165) is 33.3 Å². The van der Waals surface area contributed by atoms with Crippen molar-refractivity contribution < 1.29 is 9.53 Å². The number of hydrazone groups is 1. The third kappa shape index (κ3) is 3.22. The summed E-state index contributed by atoms with van der Waals surface area (Å²) in [6.07, 6.45) is 3.37. The predicted octanol–water partition coefficient (Wildman–Crippen LogP) is 4.71. The second-order valence-corrected chi connectivity index (χ2v) is 7.50. The Morgan fingerprint density at radius 3 is 2.52 bits per heavy atom. The Balaban J connectivity index is 1.69. The SMILES string of the molecule is CC(=O)N1N=C(c2cc(-c3ccccc3)nc3ccccc23)OC1(C)c1cccnc1. The molecule has 0 aliphatic carbocycles. The summed E-state index contributed by atoms with van der Waals surface area (Å²) in [5.74, 6) is 0.153. The Morgan fingerprint density at radius 1 is 1.00 bits per heavy atom. The summed E-state index contributed by atoms with van der Waals surface area (Å²) in [6.45, 7) is 3.30. The van der Waals surface area contributed by atoms with Gasteiger partial charge in [0.05, 0.1) is 11.2 Å². The molecule has 1 atom stereocenters. The van der Waals surface area contributed by atoms with Crippen LogP contribution in [-0.4, -0.2) is 26.8 Å². The van der Waals surface area contributed by atoms with Gasteiger partial charge in [0.15, 0.2) is 0 Å². The minimum Gasteiger partial charge on any atom is -0.443 e. The summed E-state index contributed by atoms with van der Waals surface area (Å²) in [4.78, 5) is 21.5. The number of carbonyl (C=O) groups excluding carboxylic acids is 1. The van der Waals surface area contributed by atoms with Crippen LogP contribution in [0.2, 0.25) is 0 Å². The van der Waals surface area contributed by atoms with Crippen LogP contribution >= 0.6 is 0 Å². The van der Waals surface area contributed by atoms with Gasteiger partial charge in [-0.2, -0.15) is 5.01 Å². The summed E-state index contributed by atoms with van der Waals surface area (Å²) in [5.41, 5.74) is 3.06. The minimum atomic E-state index is -1.09. The Labute approximate surface area is 179 Å². The fraction of sp³-hybridized carbons (Fsp3) is 0.120. The maximum atomic E-state index is 12.5. The summed E-state index contributed by atoms with van der Waals surface area (Å²) in [5, 5.41) is 6.87. The first-order valence-electron chi connectivity index (χ1n) is 10.0. The molecule has 0 saturated heterocycles. The normalized spacial score (nSPS) is 18.0. The van der Waals surface area contributed by atoms with E-state index in [4.69, 9.17) is 9.72 Å². The number of nitrogens with zero attached hydrogens (tertiary/aromatic N) is 4. The van der Waals surface area contributed by atoms with Crippen molar-refractivity contribution in [3.8, 4) is 11.3 Å². The Bertz CT molecular complexity index is 1310. The smallest absolute Gasteiger partial charge is 0.243 e. The summed E-state index contributed by atoms with van der Waals surface area (Å²) in [7, 11) is 0. The number of hydrogen-bond donors (Lipinski definition) is 0. The lowest BCUT2D eigenvalue weighted by Crippen LogP contribution is -2.41. The van der Waals surface area contributed by atoms with Gasteiger partial charge >= 0.3 is 0 Å². The van der Waals surface area contributed by atoms with Crippen LogP contribution in [0.3, 0.4) is 0 Å². The van der Waals surface area contributed by atoms with Gasteiger partial charge in [-0.15, -0.1) is 5.10 Å². The zero-order valence-corrected chi connectivity index (χ0v) is 17.2. The van der Waals surface area contributed by atoms with Gasteiger partial charge < -0.3 is 4.74 Å². The number of amides is 1. The molecule has 0 spiro atoms. The van der Waals surface area contributed by atoms with Crippen LogP contribution < -0.4 is 0 Å². The molecule has 1 aliphatic rings. The maximum absolute atomic E-state index is 12.5. The van der Waals surface area contributed by atoms with Gasteiger partial charge in [-0.05, 0) is 24.3 Å². The number of pyridine rings is 2. The van der Waals surface area contributed by atoms with Crippen LogP contribution in [0.1, 0.15) is 25.0 Å². The third-order valence-electron chi connectivity index (χ3n) is 5.40. The van der Waals surface area contributed by atoms with E-state index in [1.54, 1.807) is 12.4 Å². The van der Waals surface area contributed by atoms with Crippen molar-refractivity contribution in [3.63, 3.8) is 0 Å². The van der Waals surface area contributed by atoms with Crippen LogP contribution in [0.4, 0.5) is 0 Å². The van der Waals surface area contributed by atoms with E-state index in [9.17, 15) is 4.79 Å². The largest absolute Gasteiger partial charge is 0.443 e. The average Bonchev–Trinajstić information content (AvgIpc) is 3.18. The summed E-state index contributed by atoms with van der Waals surface area (Å²) in [6, 6.07) is 23.5. The number of ether oxygens (including phenoxy) is 1. The molecule has 5 rings (SSSR count). The first-order valence-corrected chi connectivity index (χ1v) is 10.0. The molecule has 4 aromatic rings. The topological polar surface area (TPSA) is 67.7 Å². The van der Waals surface area contributed by atoms with Crippen LogP contribution in [-0.2, 0) is 15.3 Å². The molecule has 2 aromatic carbocycles. The highest BCUT2D eigenvalue weighted by atomic mass is 16.6. The summed E-state index contributed by atoms with van der Waals surface area (Å²) >= 11 is 0. The number of para-hydroxylation sites is 1. The van der Waals surface area contributed by atoms with E-state index < -0.39 is 5.72 Å². The Kier molecular flexibility index (Phi) is 4.47. The molecule has 6 heteroatoms. The lowest BCUT2D eigenvalue weighted by molar-refractivity contribution is -0.146. The molecule has 1 aliphatic heterocycles. The zero-order valence-electron chi connectivity index (χ0n) is 17.2. The lowest BCUT2D eigenvalue weighted by Gasteiger charge is -2.30. The number of fused-ring (bicyclic) bond motifs is 1. The maximum Gasteiger partial charge on any atom is 0.243 e. The molecule has 0 bridgehead atoms. The zero-order chi connectivity index (χ0) is 21.4. The van der Waals surface area contributed by atoms with Gasteiger partial charge in [0.1, 0.15) is 0 Å². The van der Waals surface area contributed by atoms with E-state index in [-0.39, 0.29) is 5.91 Å². The standard InChI is InChI=1S/C25H20N4O2/c1-17(30)29-25(2,19-11-8-14-26-16-19)31-24(28-29)21-15-23(18-9-4-3-5-10-18)27-22-13-7-6-12-20(21)22/h3-16H,1-2H3. The minimum absolute atomic E-state index is 0.219. The first-order chi connectivity index (χ1) is 15.1. The first kappa shape index (κ1) is 18.9. The molecule has 0 N–H and O–H groups in total. The van der Waals surface area contributed by atoms with Crippen molar-refractivity contribution in [2.45, 2.75) is 19.6 Å². The highest BCUT2D eigenvalue weighted by molar-refractivity contribution is 6.08. The number of benzene rings is 2. The van der Waals surface area contributed by atoms with Gasteiger partial charge in [0.2, 0.25) is 17.5 Å². The number of aromatic nitrogens is 2. The van der Waals surface area contributed by atoms with Crippen molar-refractivity contribution in [3.05, 3.63) is 96.3 Å². The highest BCUT2D eigenvalue weighted by Crippen LogP contribution is 2.37. The molecule has 3 heterocycles. The van der Waals surface area contributed by atoms with E-state index in [1.165, 1.54) is 11.9 Å². The fourth-order valence-corrected chi connectivity index (χ4v) is 3.85. The average molecular weight is 408 g/mol. The molecular weight excluding hydrogens is 388 g/mol. The predicted molar refractivity (Wildman–Crippen MR) is 119 cm³/mol. The van der Waals surface area contributed by atoms with Crippen LogP contribution in [0.25, 0.3) is 22.2 Å². The monoisotopic (exact) mass is 408 g/mol. The van der Waals surface area contributed by atoms with Crippen molar-refractivity contribution in [1.82, 2.24) is 15.0 Å². The molecule has 31 heavy (non-hydrogen) atoms. The molecule has 1 unspecified atom stereocenters. The van der Waals surface area contributed by atoms with Crippen molar-refractivity contribution in [2.75, 3.05) is 0 Å². The van der Waals surface area contributed by atoms with Gasteiger partial charge in [0.25, 0.3) is 0 Å². The van der Waals surface area contributed by atoms with Gasteiger partial charge in [-0.1, -0.05) is 48.5 Å². The van der Waals surface area contributed by atoms with Crippen LogP contribution in [0.15, 0.2) is 90.3 Å². The van der Waals surface area contributed by atoms with Crippen LogP contribution in [0.5, 0.6) is 0 Å². The van der Waals surface area contributed by atoms with Crippen molar-refractivity contribution >= 4 is 22.7 Å². The number of hydrogen-bond acceptors (Lipinski definition) is 5. The van der Waals surface area contributed by atoms with Crippen molar-refractivity contribution in [1.29, 1.82) is 0 Å². The molecule has 0 fully saturated rings. The second-order valence-electron chi connectivity index (χ2n) is 7.50. The Hall–Kier alpha value is -4.06. The third-order valence-corrected chi connectivity index (χ3v) is 5.40. The molecule has 0 saturated carbocycles. The molecule has 6 nitrogen and oxygen atoms in total. The molecule has 0 radical (unpaired) electrons. The molecule has 1 amide bonds. The van der Waals surface area contributed by atoms with Gasteiger partial charge in [-0.3, -0.25) is 9.78 Å². The second kappa shape index (κ2) is 7.32. The molecular formula is C25H20N4O2. The quantitative estimate of drug-likeness (QED) is 0.492. The van der Waals surface area contributed by atoms with Gasteiger partial charge in [0, 0.05) is 48.3 Å². The fourth-order valence-electron chi connectivity index (χ4n) is 3.85. The highest BCUT2D eigenvalue weighted by Gasteiger charge is 2.45. The van der Waals surface area contributed by atoms with E-state index in [2.05, 4.69) is 10.1 Å². The lowest BCUT2D eigenvalue weighted by atomic mass is 10.0. The van der Waals surface area contributed by atoms with Crippen molar-refractivity contribution in [2.24, 2.45) is 5.10 Å². The van der Waals surface area contributed by atoms with E-state index in [1.807, 2.05) is 79.7 Å². The van der Waals surface area contributed by atoms with Crippen LogP contribution in [0, 0.1) is 0 Å². The summed E-state index contributed by atoms with van der Waals surface area (Å²) < 4.78 is 6.38. The van der Waals surface area contributed by atoms with Gasteiger partial charge in [-0.25, -0.2) is 4.98 Å². The molecule has 152 valence electrons. The Morgan fingerprint density at radius 2 is 1.77 bits per heavy atom. The number of carbonyl (C=O) groups is 1. The number of rotatable bonds is 3.